The molecule has 1 unspecified atom stereocenters. The minimum Gasteiger partial charge on any atom is -0.381 e. The largest absolute Gasteiger partial charge is 0.381 e. The molecule has 1 aromatic carbocycles. The number of benzene rings is 1. The Morgan fingerprint density at radius 3 is 2.79 bits per heavy atom. The van der Waals surface area contributed by atoms with Crippen LogP contribution in [0, 0.1) is 0 Å². The van der Waals surface area contributed by atoms with E-state index in [1.165, 1.54) is 5.56 Å². The van der Waals surface area contributed by atoms with Gasteiger partial charge in [-0.3, -0.25) is 0 Å². The predicted molar refractivity (Wildman–Crippen MR) is 99.6 cm³/mol. The van der Waals surface area contributed by atoms with Gasteiger partial charge in [-0.15, -0.1) is 0 Å². The second-order valence-electron chi connectivity index (χ2n) is 6.84. The van der Waals surface area contributed by atoms with Crippen molar-refractivity contribution in [2.75, 3.05) is 32.6 Å². The van der Waals surface area contributed by atoms with E-state index in [0.717, 1.165) is 58.4 Å². The second kappa shape index (κ2) is 8.26. The molecule has 24 heavy (non-hydrogen) atoms. The zero-order valence-electron chi connectivity index (χ0n) is 14.5. The lowest BCUT2D eigenvalue weighted by molar-refractivity contribution is 0.0771. The van der Waals surface area contributed by atoms with Crippen LogP contribution in [0.4, 0.5) is 4.79 Å². The molecule has 2 heterocycles. The Bertz CT molecular complexity index is 531. The summed E-state index contributed by atoms with van der Waals surface area (Å²) in [6, 6.07) is 10.9. The summed E-state index contributed by atoms with van der Waals surface area (Å²) >= 11 is 1.87. The molecule has 5 heteroatoms. The molecule has 0 aliphatic carbocycles. The van der Waals surface area contributed by atoms with Gasteiger partial charge in [0.05, 0.1) is 0 Å². The summed E-state index contributed by atoms with van der Waals surface area (Å²) in [5, 5.41) is 3.21. The molecule has 2 fully saturated rings. The molecule has 3 rings (SSSR count). The Morgan fingerprint density at radius 1 is 1.33 bits per heavy atom. The van der Waals surface area contributed by atoms with Crippen LogP contribution in [-0.4, -0.2) is 54.3 Å². The van der Waals surface area contributed by atoms with Gasteiger partial charge < -0.3 is 15.0 Å². The smallest absolute Gasteiger partial charge is 0.317 e. The van der Waals surface area contributed by atoms with Gasteiger partial charge in [-0.2, -0.15) is 11.8 Å². The first-order chi connectivity index (χ1) is 11.7. The van der Waals surface area contributed by atoms with Gasteiger partial charge in [-0.1, -0.05) is 30.3 Å². The van der Waals surface area contributed by atoms with Gasteiger partial charge in [0.15, 0.2) is 0 Å². The molecule has 0 spiro atoms. The van der Waals surface area contributed by atoms with Crippen molar-refractivity contribution in [2.45, 2.75) is 42.9 Å². The first kappa shape index (κ1) is 17.6. The van der Waals surface area contributed by atoms with E-state index in [2.05, 4.69) is 35.8 Å². The number of amides is 2. The molecule has 0 aromatic heterocycles. The number of thioether (sulfide) groups is 1. The number of likely N-dealkylation sites (tertiary alicyclic amines) is 1. The molecule has 1 N–H and O–H groups in total. The first-order valence-corrected chi connectivity index (χ1v) is 10.2. The van der Waals surface area contributed by atoms with Gasteiger partial charge >= 0.3 is 6.03 Å². The van der Waals surface area contributed by atoms with Crippen molar-refractivity contribution in [3.05, 3.63) is 35.9 Å². The minimum atomic E-state index is 0.105. The van der Waals surface area contributed by atoms with Gasteiger partial charge in [0.1, 0.15) is 0 Å². The highest BCUT2D eigenvalue weighted by Gasteiger charge is 2.34. The summed E-state index contributed by atoms with van der Waals surface area (Å²) < 4.78 is 5.62. The SMILES string of the molecule is CSC1(CNC(=O)N2CCCC2Cc2ccccc2)CCOCC1. The van der Waals surface area contributed by atoms with E-state index in [-0.39, 0.29) is 10.8 Å². The van der Waals surface area contributed by atoms with Crippen molar-refractivity contribution < 1.29 is 9.53 Å². The molecular weight excluding hydrogens is 320 g/mol. The fraction of sp³-hybridized carbons (Fsp3) is 0.632. The van der Waals surface area contributed by atoms with E-state index in [4.69, 9.17) is 4.74 Å². The number of urea groups is 1. The molecule has 2 amide bonds. The summed E-state index contributed by atoms with van der Waals surface area (Å²) in [6.45, 7) is 3.22. The number of hydrogen-bond donors (Lipinski definition) is 1. The predicted octanol–water partition coefficient (Wildman–Crippen LogP) is 3.32. The van der Waals surface area contributed by atoms with E-state index in [1.54, 1.807) is 0 Å². The topological polar surface area (TPSA) is 41.6 Å². The summed E-state index contributed by atoms with van der Waals surface area (Å²) in [5.74, 6) is 0. The maximum Gasteiger partial charge on any atom is 0.317 e. The lowest BCUT2D eigenvalue weighted by Gasteiger charge is -2.36. The second-order valence-corrected chi connectivity index (χ2v) is 8.11. The van der Waals surface area contributed by atoms with Crippen LogP contribution in [0.15, 0.2) is 30.3 Å². The number of nitrogens with one attached hydrogen (secondary N) is 1. The maximum absolute atomic E-state index is 12.7. The standard InChI is InChI=1S/C19H28N2O2S/c1-24-19(9-12-23-13-10-19)15-20-18(22)21-11-5-8-17(21)14-16-6-3-2-4-7-16/h2-4,6-7,17H,5,8-15H2,1H3,(H,20,22). The lowest BCUT2D eigenvalue weighted by Crippen LogP contribution is -2.49. The van der Waals surface area contributed by atoms with Crippen LogP contribution in [-0.2, 0) is 11.2 Å². The van der Waals surface area contributed by atoms with Gasteiger partial charge in [-0.05, 0) is 43.9 Å². The van der Waals surface area contributed by atoms with Crippen molar-refractivity contribution in [1.29, 1.82) is 0 Å². The van der Waals surface area contributed by atoms with Crippen LogP contribution in [0.25, 0.3) is 0 Å². The van der Waals surface area contributed by atoms with Gasteiger partial charge in [0.25, 0.3) is 0 Å². The lowest BCUT2D eigenvalue weighted by atomic mass is 9.99. The van der Waals surface area contributed by atoms with Gasteiger partial charge in [-0.25, -0.2) is 4.79 Å². The van der Waals surface area contributed by atoms with Gasteiger partial charge in [0, 0.05) is 37.1 Å². The quantitative estimate of drug-likeness (QED) is 0.887. The molecule has 4 nitrogen and oxygen atoms in total. The Morgan fingerprint density at radius 2 is 2.08 bits per heavy atom. The Kier molecular flexibility index (Phi) is 6.06. The van der Waals surface area contributed by atoms with Crippen molar-refractivity contribution in [3.8, 4) is 0 Å². The Hall–Kier alpha value is -1.20. The maximum atomic E-state index is 12.7. The van der Waals surface area contributed by atoms with E-state index >= 15 is 0 Å². The summed E-state index contributed by atoms with van der Waals surface area (Å²) in [4.78, 5) is 14.8. The normalized spacial score (nSPS) is 23.2. The molecule has 2 saturated heterocycles. The fourth-order valence-electron chi connectivity index (χ4n) is 3.74. The van der Waals surface area contributed by atoms with Crippen molar-refractivity contribution in [3.63, 3.8) is 0 Å². The molecule has 2 aliphatic heterocycles. The van der Waals surface area contributed by atoms with E-state index in [1.807, 2.05) is 22.7 Å². The van der Waals surface area contributed by atoms with Crippen LogP contribution >= 0.6 is 11.8 Å². The molecule has 2 aliphatic rings. The summed E-state index contributed by atoms with van der Waals surface area (Å²) in [6.07, 6.45) is 7.33. The molecular formula is C19H28N2O2S. The van der Waals surface area contributed by atoms with Crippen LogP contribution in [0.5, 0.6) is 0 Å². The fourth-order valence-corrected chi connectivity index (χ4v) is 4.53. The summed E-state index contributed by atoms with van der Waals surface area (Å²) in [5.41, 5.74) is 1.31. The third-order valence-electron chi connectivity index (χ3n) is 5.35. The minimum absolute atomic E-state index is 0.105. The van der Waals surface area contributed by atoms with E-state index in [0.29, 0.717) is 6.04 Å². The Labute approximate surface area is 149 Å². The average molecular weight is 349 g/mol. The number of carbonyl (C=O) groups excluding carboxylic acids is 1. The molecule has 0 saturated carbocycles. The molecule has 0 radical (unpaired) electrons. The molecule has 1 aromatic rings. The third kappa shape index (κ3) is 4.25. The van der Waals surface area contributed by atoms with E-state index in [9.17, 15) is 4.79 Å². The number of nitrogens with zero attached hydrogens (tertiary/aromatic N) is 1. The van der Waals surface area contributed by atoms with E-state index < -0.39 is 0 Å². The number of carbonyl (C=O) groups is 1. The van der Waals surface area contributed by atoms with Crippen LogP contribution in [0.2, 0.25) is 0 Å². The third-order valence-corrected chi connectivity index (χ3v) is 6.77. The average Bonchev–Trinajstić information content (AvgIpc) is 3.09. The van der Waals surface area contributed by atoms with Crippen molar-refractivity contribution in [1.82, 2.24) is 10.2 Å². The van der Waals surface area contributed by atoms with Crippen molar-refractivity contribution in [2.24, 2.45) is 0 Å². The highest BCUT2D eigenvalue weighted by molar-refractivity contribution is 8.00. The molecule has 0 bridgehead atoms. The summed E-state index contributed by atoms with van der Waals surface area (Å²) in [7, 11) is 0. The number of rotatable bonds is 5. The highest BCUT2D eigenvalue weighted by Crippen LogP contribution is 2.33. The first-order valence-electron chi connectivity index (χ1n) is 8.94. The zero-order chi connectivity index (χ0) is 16.8. The highest BCUT2D eigenvalue weighted by atomic mass is 32.2. The van der Waals surface area contributed by atoms with Crippen LogP contribution < -0.4 is 5.32 Å². The zero-order valence-corrected chi connectivity index (χ0v) is 15.3. The number of ether oxygens (including phenoxy) is 1. The van der Waals surface area contributed by atoms with Crippen LogP contribution in [0.3, 0.4) is 0 Å². The monoisotopic (exact) mass is 348 g/mol. The Balaban J connectivity index is 1.55. The van der Waals surface area contributed by atoms with Crippen LogP contribution in [0.1, 0.15) is 31.2 Å². The molecule has 1 atom stereocenters. The van der Waals surface area contributed by atoms with Gasteiger partial charge in [0.2, 0.25) is 0 Å². The molecule has 132 valence electrons. The number of hydrogen-bond acceptors (Lipinski definition) is 3. The van der Waals surface area contributed by atoms with Crippen molar-refractivity contribution >= 4 is 17.8 Å².